The Balaban J connectivity index is 0.000000588. The highest BCUT2D eigenvalue weighted by molar-refractivity contribution is 6.32. The molecular formula is C23H33ClN6O4. The number of anilines is 3. The number of aromatic nitrogens is 2. The van der Waals surface area contributed by atoms with E-state index in [1.54, 1.807) is 20.4 Å². The summed E-state index contributed by atoms with van der Waals surface area (Å²) in [4.78, 5) is 20.6. The van der Waals surface area contributed by atoms with E-state index in [1.165, 1.54) is 18.2 Å². The first-order valence-corrected chi connectivity index (χ1v) is 11.7. The van der Waals surface area contributed by atoms with Crippen molar-refractivity contribution in [2.45, 2.75) is 31.7 Å². The lowest BCUT2D eigenvalue weighted by molar-refractivity contribution is 0.150. The molecule has 186 valence electrons. The van der Waals surface area contributed by atoms with Gasteiger partial charge >= 0.3 is 6.09 Å². The number of carbonyl (C=O) groups is 1. The second kappa shape index (κ2) is 12.6. The number of rotatable bonds is 8. The molecule has 4 rings (SSSR count). The van der Waals surface area contributed by atoms with Gasteiger partial charge in [0.05, 0.1) is 25.6 Å². The van der Waals surface area contributed by atoms with Crippen LogP contribution in [0.4, 0.5) is 22.2 Å². The van der Waals surface area contributed by atoms with Gasteiger partial charge in [-0.25, -0.2) is 9.78 Å². The van der Waals surface area contributed by atoms with Gasteiger partial charge < -0.3 is 35.4 Å². The molecule has 0 unspecified atom stereocenters. The maximum absolute atomic E-state index is 9.26. The summed E-state index contributed by atoms with van der Waals surface area (Å²) in [6.07, 6.45) is 4.94. The summed E-state index contributed by atoms with van der Waals surface area (Å²) in [7, 11) is 4.79. The number of nitrogens with one attached hydrogen (secondary N) is 3. The standard InChI is InChI=1S/C21H28ClN5O2.C2H5NO2/c1-28-10-9-27-7-5-14-11-18(19(29-2)12-15(14)6-8-27)25-21-23-13-17(22)20(26-21)24-16-3-4-16;1-3-2(4)5/h11-13,16H,3-10H2,1-2H3,(H2,23,24,25,26);3H,1H3,(H,4,5). The molecule has 34 heavy (non-hydrogen) atoms. The van der Waals surface area contributed by atoms with Crippen molar-refractivity contribution in [1.82, 2.24) is 20.2 Å². The zero-order chi connectivity index (χ0) is 24.5. The van der Waals surface area contributed by atoms with Gasteiger partial charge in [-0.1, -0.05) is 11.6 Å². The first-order chi connectivity index (χ1) is 16.4. The molecule has 1 aromatic carbocycles. The summed E-state index contributed by atoms with van der Waals surface area (Å²) < 4.78 is 10.9. The molecule has 1 aliphatic carbocycles. The summed E-state index contributed by atoms with van der Waals surface area (Å²) in [5.41, 5.74) is 3.54. The number of hydrogen-bond donors (Lipinski definition) is 4. The number of hydrogen-bond acceptors (Lipinski definition) is 8. The predicted molar refractivity (Wildman–Crippen MR) is 133 cm³/mol. The topological polar surface area (TPSA) is 121 Å². The van der Waals surface area contributed by atoms with E-state index in [0.717, 1.165) is 63.4 Å². The molecule has 1 aliphatic heterocycles. The Bertz CT molecular complexity index is 973. The van der Waals surface area contributed by atoms with Crippen molar-refractivity contribution in [3.05, 3.63) is 34.5 Å². The molecule has 1 amide bonds. The van der Waals surface area contributed by atoms with Gasteiger partial charge in [-0.15, -0.1) is 0 Å². The molecule has 1 saturated carbocycles. The number of halogens is 1. The molecular weight excluding hydrogens is 460 g/mol. The number of amides is 1. The van der Waals surface area contributed by atoms with E-state index in [9.17, 15) is 4.79 Å². The lowest BCUT2D eigenvalue weighted by Crippen LogP contribution is -2.29. The Kier molecular flexibility index (Phi) is 9.55. The molecule has 0 spiro atoms. The van der Waals surface area contributed by atoms with E-state index < -0.39 is 6.09 Å². The second-order valence-electron chi connectivity index (χ2n) is 8.14. The van der Waals surface area contributed by atoms with Gasteiger partial charge in [0, 0.05) is 39.8 Å². The van der Waals surface area contributed by atoms with Crippen LogP contribution < -0.4 is 20.7 Å². The van der Waals surface area contributed by atoms with E-state index >= 15 is 0 Å². The van der Waals surface area contributed by atoms with Gasteiger partial charge in [0.15, 0.2) is 5.82 Å². The van der Waals surface area contributed by atoms with E-state index in [0.29, 0.717) is 22.8 Å². The number of carboxylic acid groups (broad SMARTS) is 1. The number of ether oxygens (including phenoxy) is 2. The Morgan fingerprint density at radius 1 is 1.24 bits per heavy atom. The Morgan fingerprint density at radius 2 is 1.91 bits per heavy atom. The highest BCUT2D eigenvalue weighted by Crippen LogP contribution is 2.33. The first-order valence-electron chi connectivity index (χ1n) is 11.3. The molecule has 0 radical (unpaired) electrons. The van der Waals surface area contributed by atoms with Crippen molar-refractivity contribution >= 4 is 35.1 Å². The van der Waals surface area contributed by atoms with Gasteiger partial charge in [0.1, 0.15) is 10.8 Å². The Labute approximate surface area is 205 Å². The summed E-state index contributed by atoms with van der Waals surface area (Å²) in [6.45, 7) is 3.78. The van der Waals surface area contributed by atoms with E-state index in [-0.39, 0.29) is 0 Å². The third-order valence-corrected chi connectivity index (χ3v) is 5.93. The van der Waals surface area contributed by atoms with Gasteiger partial charge in [-0.3, -0.25) is 0 Å². The van der Waals surface area contributed by atoms with Crippen LogP contribution in [0.5, 0.6) is 5.75 Å². The van der Waals surface area contributed by atoms with Crippen molar-refractivity contribution in [2.24, 2.45) is 0 Å². The number of fused-ring (bicyclic) bond motifs is 1. The summed E-state index contributed by atoms with van der Waals surface area (Å²) in [6, 6.07) is 4.77. The third kappa shape index (κ3) is 7.61. The molecule has 2 aromatic rings. The Hall–Kier alpha value is -2.82. The second-order valence-corrected chi connectivity index (χ2v) is 8.55. The van der Waals surface area contributed by atoms with E-state index in [1.807, 2.05) is 5.32 Å². The molecule has 4 N–H and O–H groups in total. The zero-order valence-electron chi connectivity index (χ0n) is 19.9. The van der Waals surface area contributed by atoms with Crippen LogP contribution in [-0.4, -0.2) is 79.6 Å². The highest BCUT2D eigenvalue weighted by Gasteiger charge is 2.23. The lowest BCUT2D eigenvalue weighted by atomic mass is 10.0. The van der Waals surface area contributed by atoms with Crippen LogP contribution in [0.2, 0.25) is 5.02 Å². The maximum atomic E-state index is 9.26. The molecule has 2 heterocycles. The highest BCUT2D eigenvalue weighted by atomic mass is 35.5. The van der Waals surface area contributed by atoms with Crippen molar-refractivity contribution in [2.75, 3.05) is 58.1 Å². The van der Waals surface area contributed by atoms with Gasteiger partial charge in [0.25, 0.3) is 0 Å². The predicted octanol–water partition coefficient (Wildman–Crippen LogP) is 3.39. The molecule has 0 bridgehead atoms. The minimum Gasteiger partial charge on any atom is -0.495 e. The van der Waals surface area contributed by atoms with Crippen LogP contribution in [-0.2, 0) is 17.6 Å². The molecule has 1 aromatic heterocycles. The largest absolute Gasteiger partial charge is 0.495 e. The van der Waals surface area contributed by atoms with Crippen LogP contribution in [0, 0.1) is 0 Å². The van der Waals surface area contributed by atoms with Crippen molar-refractivity contribution in [3.63, 3.8) is 0 Å². The van der Waals surface area contributed by atoms with Crippen LogP contribution in [0.1, 0.15) is 24.0 Å². The minimum absolute atomic E-state index is 0.471. The summed E-state index contributed by atoms with van der Waals surface area (Å²) in [5.74, 6) is 1.98. The lowest BCUT2D eigenvalue weighted by Gasteiger charge is -2.18. The van der Waals surface area contributed by atoms with Gasteiger partial charge in [-0.05, 0) is 48.9 Å². The third-order valence-electron chi connectivity index (χ3n) is 5.65. The molecule has 2 aliphatic rings. The van der Waals surface area contributed by atoms with Crippen LogP contribution in [0.25, 0.3) is 0 Å². The fourth-order valence-electron chi connectivity index (χ4n) is 3.58. The average Bonchev–Trinajstić information content (AvgIpc) is 3.67. The molecule has 1 fully saturated rings. The summed E-state index contributed by atoms with van der Waals surface area (Å²) in [5, 5.41) is 16.8. The number of methoxy groups -OCH3 is 2. The minimum atomic E-state index is -0.995. The smallest absolute Gasteiger partial charge is 0.404 e. The zero-order valence-corrected chi connectivity index (χ0v) is 20.6. The first kappa shape index (κ1) is 25.8. The fourth-order valence-corrected chi connectivity index (χ4v) is 3.73. The molecule has 11 heteroatoms. The Morgan fingerprint density at radius 3 is 2.50 bits per heavy atom. The van der Waals surface area contributed by atoms with Crippen molar-refractivity contribution in [3.8, 4) is 5.75 Å². The van der Waals surface area contributed by atoms with Gasteiger partial charge in [-0.2, -0.15) is 4.98 Å². The monoisotopic (exact) mass is 492 g/mol. The molecule has 0 atom stereocenters. The summed E-state index contributed by atoms with van der Waals surface area (Å²) >= 11 is 6.24. The van der Waals surface area contributed by atoms with Crippen LogP contribution >= 0.6 is 11.6 Å². The fraction of sp³-hybridized carbons (Fsp3) is 0.522. The SMILES string of the molecule is CNC(=O)O.COCCN1CCc2cc(Nc3ncc(Cl)c(NC4CC4)n3)c(OC)cc2CC1. The average molecular weight is 493 g/mol. The van der Waals surface area contributed by atoms with Crippen molar-refractivity contribution < 1.29 is 19.4 Å². The van der Waals surface area contributed by atoms with Crippen LogP contribution in [0.3, 0.4) is 0 Å². The van der Waals surface area contributed by atoms with E-state index in [2.05, 4.69) is 37.6 Å². The van der Waals surface area contributed by atoms with Crippen molar-refractivity contribution in [1.29, 1.82) is 0 Å². The number of benzene rings is 1. The normalized spacial score (nSPS) is 15.3. The molecule has 0 saturated heterocycles. The quantitative estimate of drug-likeness (QED) is 0.439. The van der Waals surface area contributed by atoms with E-state index in [4.69, 9.17) is 26.2 Å². The number of nitrogens with zero attached hydrogens (tertiary/aromatic N) is 3. The maximum Gasteiger partial charge on any atom is 0.404 e. The van der Waals surface area contributed by atoms with Gasteiger partial charge in [0.2, 0.25) is 5.95 Å². The molecule has 10 nitrogen and oxygen atoms in total. The van der Waals surface area contributed by atoms with Crippen LogP contribution in [0.15, 0.2) is 18.3 Å².